The third kappa shape index (κ3) is 2.78. The van der Waals surface area contributed by atoms with Gasteiger partial charge in [0.05, 0.1) is 12.7 Å². The van der Waals surface area contributed by atoms with Crippen molar-refractivity contribution < 1.29 is 9.13 Å². The number of aryl methyl sites for hydroxylation is 1. The Bertz CT molecular complexity index is 512. The number of rotatable bonds is 5. The fourth-order valence-electron chi connectivity index (χ4n) is 3.04. The maximum absolute atomic E-state index is 13.8. The highest BCUT2D eigenvalue weighted by atomic mass is 19.1. The summed E-state index contributed by atoms with van der Waals surface area (Å²) < 4.78 is 19.3. The van der Waals surface area contributed by atoms with Gasteiger partial charge in [0.1, 0.15) is 5.54 Å². The van der Waals surface area contributed by atoms with Crippen molar-refractivity contribution in [3.05, 3.63) is 29.6 Å². The van der Waals surface area contributed by atoms with Gasteiger partial charge < -0.3 is 10.1 Å². The van der Waals surface area contributed by atoms with Gasteiger partial charge in [0.2, 0.25) is 0 Å². The lowest BCUT2D eigenvalue weighted by molar-refractivity contribution is 0.232. The lowest BCUT2D eigenvalue weighted by Crippen LogP contribution is -2.45. The average Bonchev–Trinajstić information content (AvgIpc) is 2.87. The first kappa shape index (κ1) is 14.8. The fraction of sp³-hybridized carbons (Fsp3) is 0.562. The zero-order valence-electron chi connectivity index (χ0n) is 12.1. The number of hydrogen-bond donors (Lipinski definition) is 1. The summed E-state index contributed by atoms with van der Waals surface area (Å²) in [5.74, 6) is 0.277. The molecule has 108 valence electrons. The monoisotopic (exact) mass is 276 g/mol. The van der Waals surface area contributed by atoms with Crippen molar-refractivity contribution in [1.29, 1.82) is 5.26 Å². The number of nitrogens with one attached hydrogen (secondary N) is 1. The Morgan fingerprint density at radius 3 is 3.05 bits per heavy atom. The van der Waals surface area contributed by atoms with Crippen LogP contribution in [0.25, 0.3) is 0 Å². The van der Waals surface area contributed by atoms with Gasteiger partial charge in [-0.15, -0.1) is 0 Å². The van der Waals surface area contributed by atoms with Crippen LogP contribution in [0.4, 0.5) is 4.39 Å². The SMILES string of the molecule is CNC1(C#N)CCCC1CCOc1cccc(C)c1F. The third-order valence-corrected chi connectivity index (χ3v) is 4.35. The second-order valence-electron chi connectivity index (χ2n) is 5.45. The lowest BCUT2D eigenvalue weighted by atomic mass is 9.86. The predicted octanol–water partition coefficient (Wildman–Crippen LogP) is 3.18. The van der Waals surface area contributed by atoms with E-state index in [0.29, 0.717) is 17.9 Å². The topological polar surface area (TPSA) is 45.0 Å². The van der Waals surface area contributed by atoms with Crippen molar-refractivity contribution in [3.8, 4) is 11.8 Å². The van der Waals surface area contributed by atoms with Crippen LogP contribution in [0.2, 0.25) is 0 Å². The van der Waals surface area contributed by atoms with Gasteiger partial charge in [-0.2, -0.15) is 5.26 Å². The Hall–Kier alpha value is -1.60. The first-order valence-corrected chi connectivity index (χ1v) is 7.11. The molecule has 4 heteroatoms. The van der Waals surface area contributed by atoms with E-state index in [1.54, 1.807) is 25.1 Å². The van der Waals surface area contributed by atoms with Crippen LogP contribution in [0.15, 0.2) is 18.2 Å². The summed E-state index contributed by atoms with van der Waals surface area (Å²) in [5.41, 5.74) is 0.152. The second-order valence-corrected chi connectivity index (χ2v) is 5.45. The molecule has 1 aliphatic carbocycles. The van der Waals surface area contributed by atoms with Gasteiger partial charge in [0, 0.05) is 0 Å². The Morgan fingerprint density at radius 2 is 2.35 bits per heavy atom. The normalized spacial score (nSPS) is 25.4. The molecule has 0 heterocycles. The zero-order valence-corrected chi connectivity index (χ0v) is 12.1. The van der Waals surface area contributed by atoms with Crippen LogP contribution >= 0.6 is 0 Å². The molecule has 20 heavy (non-hydrogen) atoms. The smallest absolute Gasteiger partial charge is 0.167 e. The van der Waals surface area contributed by atoms with E-state index < -0.39 is 5.54 Å². The van der Waals surface area contributed by atoms with E-state index in [1.165, 1.54) is 0 Å². The Labute approximate surface area is 119 Å². The summed E-state index contributed by atoms with van der Waals surface area (Å²) in [7, 11) is 1.84. The van der Waals surface area contributed by atoms with Gasteiger partial charge in [-0.05, 0) is 50.8 Å². The predicted molar refractivity (Wildman–Crippen MR) is 76.0 cm³/mol. The summed E-state index contributed by atoms with van der Waals surface area (Å²) in [6.07, 6.45) is 3.72. The molecule has 1 saturated carbocycles. The van der Waals surface area contributed by atoms with Crippen molar-refractivity contribution >= 4 is 0 Å². The van der Waals surface area contributed by atoms with Gasteiger partial charge in [-0.25, -0.2) is 4.39 Å². The minimum Gasteiger partial charge on any atom is -0.490 e. The van der Waals surface area contributed by atoms with E-state index in [-0.39, 0.29) is 11.7 Å². The van der Waals surface area contributed by atoms with Crippen molar-refractivity contribution in [3.63, 3.8) is 0 Å². The van der Waals surface area contributed by atoms with Crippen molar-refractivity contribution in [1.82, 2.24) is 5.32 Å². The summed E-state index contributed by atoms with van der Waals surface area (Å²) in [6, 6.07) is 7.56. The molecule has 2 atom stereocenters. The first-order chi connectivity index (χ1) is 9.63. The van der Waals surface area contributed by atoms with E-state index in [1.807, 2.05) is 7.05 Å². The standard InChI is InChI=1S/C16H21FN2O/c1-12-5-3-7-14(15(12)17)20-10-8-13-6-4-9-16(13,11-18)19-2/h3,5,7,13,19H,4,6,8-10H2,1-2H3. The lowest BCUT2D eigenvalue weighted by Gasteiger charge is -2.28. The molecule has 2 rings (SSSR count). The maximum Gasteiger partial charge on any atom is 0.167 e. The van der Waals surface area contributed by atoms with Crippen LogP contribution in [0.1, 0.15) is 31.2 Å². The molecule has 1 aromatic carbocycles. The largest absolute Gasteiger partial charge is 0.490 e. The summed E-state index contributed by atoms with van der Waals surface area (Å²) in [4.78, 5) is 0. The molecule has 0 aliphatic heterocycles. The summed E-state index contributed by atoms with van der Waals surface area (Å²) in [6.45, 7) is 2.16. The zero-order chi connectivity index (χ0) is 14.6. The van der Waals surface area contributed by atoms with Crippen LogP contribution in [0.3, 0.4) is 0 Å². The van der Waals surface area contributed by atoms with E-state index in [0.717, 1.165) is 25.7 Å². The maximum atomic E-state index is 13.8. The molecule has 3 nitrogen and oxygen atoms in total. The van der Waals surface area contributed by atoms with Gasteiger partial charge in [0.25, 0.3) is 0 Å². The number of hydrogen-bond acceptors (Lipinski definition) is 3. The van der Waals surface area contributed by atoms with Crippen LogP contribution in [0.5, 0.6) is 5.75 Å². The highest BCUT2D eigenvalue weighted by molar-refractivity contribution is 5.30. The molecule has 0 aromatic heterocycles. The Kier molecular flexibility index (Phi) is 4.61. The summed E-state index contributed by atoms with van der Waals surface area (Å²) in [5, 5.41) is 12.5. The molecular formula is C16H21FN2O. The molecule has 1 fully saturated rings. The van der Waals surface area contributed by atoms with Crippen LogP contribution in [-0.2, 0) is 0 Å². The number of halogens is 1. The van der Waals surface area contributed by atoms with Crippen LogP contribution in [-0.4, -0.2) is 19.2 Å². The van der Waals surface area contributed by atoms with Gasteiger partial charge in [-0.1, -0.05) is 18.6 Å². The fourth-order valence-corrected chi connectivity index (χ4v) is 3.04. The molecule has 2 unspecified atom stereocenters. The quantitative estimate of drug-likeness (QED) is 0.898. The Balaban J connectivity index is 1.93. The summed E-state index contributed by atoms with van der Waals surface area (Å²) >= 11 is 0. The number of ether oxygens (including phenoxy) is 1. The highest BCUT2D eigenvalue weighted by Crippen LogP contribution is 2.37. The minimum atomic E-state index is -0.436. The van der Waals surface area contributed by atoms with Gasteiger partial charge in [-0.3, -0.25) is 0 Å². The molecule has 0 saturated heterocycles. The number of benzene rings is 1. The molecule has 0 radical (unpaired) electrons. The third-order valence-electron chi connectivity index (χ3n) is 4.35. The van der Waals surface area contributed by atoms with E-state index in [4.69, 9.17) is 4.74 Å². The Morgan fingerprint density at radius 1 is 1.55 bits per heavy atom. The van der Waals surface area contributed by atoms with E-state index in [2.05, 4.69) is 11.4 Å². The van der Waals surface area contributed by atoms with Crippen molar-refractivity contribution in [2.45, 2.75) is 38.1 Å². The molecule has 1 aliphatic rings. The second kappa shape index (κ2) is 6.23. The van der Waals surface area contributed by atoms with E-state index >= 15 is 0 Å². The minimum absolute atomic E-state index is 0.269. The first-order valence-electron chi connectivity index (χ1n) is 7.11. The highest BCUT2D eigenvalue weighted by Gasteiger charge is 2.41. The van der Waals surface area contributed by atoms with Crippen LogP contribution < -0.4 is 10.1 Å². The van der Waals surface area contributed by atoms with Crippen molar-refractivity contribution in [2.75, 3.05) is 13.7 Å². The average molecular weight is 276 g/mol. The molecule has 0 spiro atoms. The molecule has 1 N–H and O–H groups in total. The molecule has 0 bridgehead atoms. The van der Waals surface area contributed by atoms with Gasteiger partial charge >= 0.3 is 0 Å². The number of nitriles is 1. The van der Waals surface area contributed by atoms with Crippen LogP contribution in [0, 0.1) is 30.0 Å². The number of nitrogens with zero attached hydrogens (tertiary/aromatic N) is 1. The van der Waals surface area contributed by atoms with E-state index in [9.17, 15) is 9.65 Å². The molecule has 0 amide bonds. The van der Waals surface area contributed by atoms with Crippen molar-refractivity contribution in [2.24, 2.45) is 5.92 Å². The van der Waals surface area contributed by atoms with Gasteiger partial charge in [0.15, 0.2) is 11.6 Å². The molecule has 1 aromatic rings. The molecular weight excluding hydrogens is 255 g/mol.